The molecule has 1 aromatic carbocycles. The van der Waals surface area contributed by atoms with Crippen molar-refractivity contribution in [1.29, 1.82) is 0 Å². The Kier molecular flexibility index (Phi) is 3.33. The molecule has 1 fully saturated rings. The topological polar surface area (TPSA) is 29.5 Å². The van der Waals surface area contributed by atoms with Crippen molar-refractivity contribution in [1.82, 2.24) is 0 Å². The molecule has 94 valence electrons. The quantitative estimate of drug-likeness (QED) is 0.864. The van der Waals surface area contributed by atoms with E-state index in [-0.39, 0.29) is 6.42 Å². The van der Waals surface area contributed by atoms with Crippen molar-refractivity contribution >= 4 is 0 Å². The van der Waals surface area contributed by atoms with Crippen LogP contribution in [-0.2, 0) is 0 Å². The number of ether oxygens (including phenoxy) is 1. The van der Waals surface area contributed by atoms with Crippen LogP contribution in [0.2, 0.25) is 0 Å². The van der Waals surface area contributed by atoms with Crippen molar-refractivity contribution in [2.24, 2.45) is 0 Å². The maximum atomic E-state index is 13.6. The third-order valence-corrected chi connectivity index (χ3v) is 3.06. The molecule has 1 saturated carbocycles. The summed E-state index contributed by atoms with van der Waals surface area (Å²) in [5, 5.41) is 9.62. The maximum absolute atomic E-state index is 13.6. The fraction of sp³-hybridized carbons (Fsp3) is 0.538. The number of halogens is 2. The number of hydrogen-bond donors (Lipinski definition) is 1. The van der Waals surface area contributed by atoms with Gasteiger partial charge in [-0.2, -0.15) is 0 Å². The van der Waals surface area contributed by atoms with Crippen LogP contribution in [0.25, 0.3) is 0 Å². The molecule has 0 saturated heterocycles. The van der Waals surface area contributed by atoms with E-state index >= 15 is 0 Å². The number of rotatable bonds is 2. The summed E-state index contributed by atoms with van der Waals surface area (Å²) in [5.41, 5.74) is 1.04. The zero-order valence-electron chi connectivity index (χ0n) is 9.70. The molecule has 2 unspecified atom stereocenters. The Hall–Kier alpha value is -1.16. The molecule has 1 N–H and O–H groups in total. The van der Waals surface area contributed by atoms with E-state index in [1.807, 2.05) is 6.92 Å². The van der Waals surface area contributed by atoms with E-state index < -0.39 is 18.1 Å². The summed E-state index contributed by atoms with van der Waals surface area (Å²) >= 11 is 0. The highest BCUT2D eigenvalue weighted by molar-refractivity contribution is 5.26. The van der Waals surface area contributed by atoms with E-state index in [1.165, 1.54) is 0 Å². The van der Waals surface area contributed by atoms with Crippen LogP contribution in [0.4, 0.5) is 8.78 Å². The molecule has 0 heterocycles. The average molecular weight is 242 g/mol. The highest BCUT2D eigenvalue weighted by atomic mass is 19.3. The average Bonchev–Trinajstić information content (AvgIpc) is 2.26. The molecule has 2 atom stereocenters. The van der Waals surface area contributed by atoms with E-state index in [1.54, 1.807) is 24.3 Å². The molecule has 2 nitrogen and oxygen atoms in total. The largest absolute Gasteiger partial charge is 0.481 e. The zero-order valence-corrected chi connectivity index (χ0v) is 9.70. The van der Waals surface area contributed by atoms with Crippen molar-refractivity contribution < 1.29 is 18.6 Å². The molecule has 1 aliphatic rings. The summed E-state index contributed by atoms with van der Waals surface area (Å²) in [6, 6.07) is 6.88. The van der Waals surface area contributed by atoms with Gasteiger partial charge in [0.15, 0.2) is 6.10 Å². The molecule has 1 aromatic rings. The van der Waals surface area contributed by atoms with Gasteiger partial charge in [-0.05, 0) is 31.9 Å². The third kappa shape index (κ3) is 2.75. The van der Waals surface area contributed by atoms with Crippen LogP contribution < -0.4 is 4.74 Å². The predicted molar refractivity (Wildman–Crippen MR) is 60.4 cm³/mol. The van der Waals surface area contributed by atoms with Crippen LogP contribution in [-0.4, -0.2) is 23.2 Å². The number of benzene rings is 1. The van der Waals surface area contributed by atoms with Crippen LogP contribution in [0.15, 0.2) is 24.3 Å². The first-order valence-electron chi connectivity index (χ1n) is 5.78. The molecular weight excluding hydrogens is 226 g/mol. The van der Waals surface area contributed by atoms with Gasteiger partial charge in [-0.25, -0.2) is 8.78 Å². The lowest BCUT2D eigenvalue weighted by Gasteiger charge is -2.35. The summed E-state index contributed by atoms with van der Waals surface area (Å²) in [6.07, 6.45) is -2.05. The number of alkyl halides is 2. The van der Waals surface area contributed by atoms with Crippen molar-refractivity contribution in [3.05, 3.63) is 29.8 Å². The van der Waals surface area contributed by atoms with E-state index in [0.717, 1.165) is 5.56 Å². The molecule has 2 rings (SSSR count). The standard InChI is InChI=1S/C13H16F2O2/c1-9-4-6-10(7-5-9)17-12-11(16)3-2-8-13(12,14)15/h4-7,11-12,16H,2-3,8H2,1H3. The molecule has 1 aliphatic carbocycles. The Morgan fingerprint density at radius 1 is 1.29 bits per heavy atom. The predicted octanol–water partition coefficient (Wildman–Crippen LogP) is 2.92. The Morgan fingerprint density at radius 3 is 2.53 bits per heavy atom. The van der Waals surface area contributed by atoms with E-state index in [2.05, 4.69) is 0 Å². The van der Waals surface area contributed by atoms with E-state index in [9.17, 15) is 13.9 Å². The van der Waals surface area contributed by atoms with Gasteiger partial charge in [-0.3, -0.25) is 0 Å². The molecule has 0 aromatic heterocycles. The minimum absolute atomic E-state index is 0.222. The maximum Gasteiger partial charge on any atom is 0.286 e. The van der Waals surface area contributed by atoms with Crippen LogP contribution in [0.5, 0.6) is 5.75 Å². The summed E-state index contributed by atoms with van der Waals surface area (Å²) in [6.45, 7) is 1.91. The minimum atomic E-state index is -2.96. The van der Waals surface area contributed by atoms with E-state index in [4.69, 9.17) is 4.74 Å². The first-order valence-corrected chi connectivity index (χ1v) is 5.78. The highest BCUT2D eigenvalue weighted by Crippen LogP contribution is 2.36. The molecule has 0 amide bonds. The summed E-state index contributed by atoms with van der Waals surface area (Å²) < 4.78 is 32.4. The molecule has 0 bridgehead atoms. The van der Waals surface area contributed by atoms with E-state index in [0.29, 0.717) is 18.6 Å². The van der Waals surface area contributed by atoms with Gasteiger partial charge in [0, 0.05) is 6.42 Å². The SMILES string of the molecule is Cc1ccc(OC2C(O)CCCC2(F)F)cc1. The first-order chi connectivity index (χ1) is 7.99. The first kappa shape index (κ1) is 12.3. The molecule has 0 aliphatic heterocycles. The monoisotopic (exact) mass is 242 g/mol. The molecule has 17 heavy (non-hydrogen) atoms. The fourth-order valence-electron chi connectivity index (χ4n) is 2.05. The van der Waals surface area contributed by atoms with Gasteiger partial charge in [0.2, 0.25) is 0 Å². The van der Waals surface area contributed by atoms with Crippen LogP contribution in [0.1, 0.15) is 24.8 Å². The normalized spacial score (nSPS) is 27.8. The lowest BCUT2D eigenvalue weighted by molar-refractivity contribution is -0.163. The number of aliphatic hydroxyl groups is 1. The Morgan fingerprint density at radius 2 is 1.94 bits per heavy atom. The molecular formula is C13H16F2O2. The summed E-state index contributed by atoms with van der Waals surface area (Å²) in [7, 11) is 0. The molecule has 0 radical (unpaired) electrons. The van der Waals surface area contributed by atoms with Crippen molar-refractivity contribution in [3.63, 3.8) is 0 Å². The van der Waals surface area contributed by atoms with Crippen LogP contribution >= 0.6 is 0 Å². The van der Waals surface area contributed by atoms with Crippen LogP contribution in [0, 0.1) is 6.92 Å². The van der Waals surface area contributed by atoms with Gasteiger partial charge in [0.25, 0.3) is 5.92 Å². The van der Waals surface area contributed by atoms with Gasteiger partial charge >= 0.3 is 0 Å². The number of aryl methyl sites for hydroxylation is 1. The lowest BCUT2D eigenvalue weighted by Crippen LogP contribution is -2.50. The van der Waals surface area contributed by atoms with Crippen molar-refractivity contribution in [3.8, 4) is 5.75 Å². The second-order valence-electron chi connectivity index (χ2n) is 4.57. The van der Waals surface area contributed by atoms with Gasteiger partial charge in [-0.1, -0.05) is 17.7 Å². The number of hydrogen-bond acceptors (Lipinski definition) is 2. The number of aliphatic hydroxyl groups excluding tert-OH is 1. The van der Waals surface area contributed by atoms with Gasteiger partial charge < -0.3 is 9.84 Å². The summed E-state index contributed by atoms with van der Waals surface area (Å²) in [4.78, 5) is 0. The summed E-state index contributed by atoms with van der Waals surface area (Å²) in [5.74, 6) is -2.58. The van der Waals surface area contributed by atoms with Gasteiger partial charge in [0.05, 0.1) is 6.10 Å². The Labute approximate surface area is 99.2 Å². The molecule has 4 heteroatoms. The zero-order chi connectivity index (χ0) is 12.5. The second-order valence-corrected chi connectivity index (χ2v) is 4.57. The Bertz CT molecular complexity index is 376. The highest BCUT2D eigenvalue weighted by Gasteiger charge is 2.48. The Balaban J connectivity index is 2.12. The van der Waals surface area contributed by atoms with Crippen LogP contribution in [0.3, 0.4) is 0 Å². The smallest absolute Gasteiger partial charge is 0.286 e. The third-order valence-electron chi connectivity index (χ3n) is 3.06. The van der Waals surface area contributed by atoms with Gasteiger partial charge in [0.1, 0.15) is 5.75 Å². The second kappa shape index (κ2) is 4.61. The van der Waals surface area contributed by atoms with Crippen molar-refractivity contribution in [2.45, 2.75) is 44.3 Å². The van der Waals surface area contributed by atoms with Crippen molar-refractivity contribution in [2.75, 3.05) is 0 Å². The minimum Gasteiger partial charge on any atom is -0.481 e. The van der Waals surface area contributed by atoms with Gasteiger partial charge in [-0.15, -0.1) is 0 Å². The lowest BCUT2D eigenvalue weighted by atomic mass is 9.91. The molecule has 0 spiro atoms. The fourth-order valence-corrected chi connectivity index (χ4v) is 2.05.